The molecule has 0 aliphatic carbocycles. The molecule has 22 heavy (non-hydrogen) atoms. The van der Waals surface area contributed by atoms with E-state index in [0.29, 0.717) is 0 Å². The van der Waals surface area contributed by atoms with Gasteiger partial charge in [-0.2, -0.15) is 0 Å². The number of benzene rings is 2. The van der Waals surface area contributed by atoms with E-state index in [-0.39, 0.29) is 11.1 Å². The summed E-state index contributed by atoms with van der Waals surface area (Å²) in [6, 6.07) is 5.47. The zero-order chi connectivity index (χ0) is 16.5. The fourth-order valence-corrected chi connectivity index (χ4v) is 1.81. The highest BCUT2D eigenvalue weighted by Crippen LogP contribution is 2.30. The van der Waals surface area contributed by atoms with Crippen LogP contribution in [-0.4, -0.2) is 12.3 Å². The number of ether oxygens (including phenoxy) is 1. The van der Waals surface area contributed by atoms with Gasteiger partial charge in [-0.05, 0) is 29.8 Å². The molecule has 0 bridgehead atoms. The molecule has 0 radical (unpaired) electrons. The molecule has 8 heteroatoms. The van der Waals surface area contributed by atoms with E-state index in [4.69, 9.17) is 5.73 Å². The van der Waals surface area contributed by atoms with Crippen molar-refractivity contribution in [2.24, 2.45) is 5.73 Å². The molecular formula is C14H8F5NO2. The molecular weight excluding hydrogens is 309 g/mol. The number of rotatable bonds is 3. The van der Waals surface area contributed by atoms with E-state index in [0.717, 1.165) is 36.4 Å². The number of halogens is 5. The number of hydrogen-bond donors (Lipinski definition) is 1. The Bertz CT molecular complexity index is 687. The van der Waals surface area contributed by atoms with Crippen molar-refractivity contribution in [1.82, 2.24) is 0 Å². The number of carbonyl (C=O) groups is 1. The Labute approximate surface area is 121 Å². The average molecular weight is 317 g/mol. The van der Waals surface area contributed by atoms with E-state index in [9.17, 15) is 26.7 Å². The first-order chi connectivity index (χ1) is 10.2. The van der Waals surface area contributed by atoms with Gasteiger partial charge in [-0.25, -0.2) is 8.78 Å². The van der Waals surface area contributed by atoms with Gasteiger partial charge < -0.3 is 10.5 Å². The minimum absolute atomic E-state index is 0.0134. The number of primary amides is 1. The highest BCUT2D eigenvalue weighted by Gasteiger charge is 2.31. The summed E-state index contributed by atoms with van der Waals surface area (Å²) in [5, 5.41) is 0. The van der Waals surface area contributed by atoms with E-state index >= 15 is 0 Å². The lowest BCUT2D eigenvalue weighted by Gasteiger charge is -2.10. The van der Waals surface area contributed by atoms with Crippen LogP contribution in [0.15, 0.2) is 36.4 Å². The van der Waals surface area contributed by atoms with Crippen LogP contribution in [0.25, 0.3) is 11.1 Å². The quantitative estimate of drug-likeness (QED) is 0.879. The van der Waals surface area contributed by atoms with Gasteiger partial charge >= 0.3 is 6.36 Å². The van der Waals surface area contributed by atoms with Crippen LogP contribution in [0.3, 0.4) is 0 Å². The SMILES string of the molecule is NC(=O)c1cc(F)c(-c2ccc(OC(F)(F)F)cc2)c(F)c1. The van der Waals surface area contributed by atoms with E-state index in [1.165, 1.54) is 0 Å². The van der Waals surface area contributed by atoms with E-state index in [1.54, 1.807) is 0 Å². The van der Waals surface area contributed by atoms with Gasteiger partial charge in [0.1, 0.15) is 17.4 Å². The third kappa shape index (κ3) is 3.51. The molecule has 0 spiro atoms. The van der Waals surface area contributed by atoms with Gasteiger partial charge in [-0.1, -0.05) is 12.1 Å². The monoisotopic (exact) mass is 317 g/mol. The topological polar surface area (TPSA) is 52.3 Å². The van der Waals surface area contributed by atoms with Gasteiger partial charge in [0.15, 0.2) is 0 Å². The third-order valence-electron chi connectivity index (χ3n) is 2.70. The molecule has 3 nitrogen and oxygen atoms in total. The first kappa shape index (κ1) is 15.7. The number of carbonyl (C=O) groups excluding carboxylic acids is 1. The largest absolute Gasteiger partial charge is 0.573 e. The molecule has 0 saturated carbocycles. The molecule has 2 N–H and O–H groups in total. The standard InChI is InChI=1S/C14H8F5NO2/c15-10-5-8(13(20)21)6-11(16)12(10)7-1-3-9(4-2-7)22-14(17,18)19/h1-6H,(H2,20,21). The van der Waals surface area contributed by atoms with Gasteiger partial charge in [-0.15, -0.1) is 13.2 Å². The lowest BCUT2D eigenvalue weighted by Crippen LogP contribution is -2.17. The molecule has 0 aromatic heterocycles. The molecule has 0 unspecified atom stereocenters. The van der Waals surface area contributed by atoms with Crippen LogP contribution in [0.5, 0.6) is 5.75 Å². The van der Waals surface area contributed by atoms with Crippen molar-refractivity contribution < 1.29 is 31.5 Å². The van der Waals surface area contributed by atoms with E-state index in [1.807, 2.05) is 0 Å². The predicted molar refractivity (Wildman–Crippen MR) is 67.0 cm³/mol. The molecule has 0 fully saturated rings. The second-order valence-electron chi connectivity index (χ2n) is 4.25. The fraction of sp³-hybridized carbons (Fsp3) is 0.0714. The van der Waals surface area contributed by atoms with Crippen molar-refractivity contribution in [3.63, 3.8) is 0 Å². The van der Waals surface area contributed by atoms with Crippen LogP contribution in [0, 0.1) is 11.6 Å². The minimum atomic E-state index is -4.86. The Balaban J connectivity index is 2.38. The zero-order valence-corrected chi connectivity index (χ0v) is 10.7. The summed E-state index contributed by atoms with van der Waals surface area (Å²) >= 11 is 0. The smallest absolute Gasteiger partial charge is 0.406 e. The van der Waals surface area contributed by atoms with Gasteiger partial charge in [-0.3, -0.25) is 4.79 Å². The van der Waals surface area contributed by atoms with E-state index < -0.39 is 35.2 Å². The van der Waals surface area contributed by atoms with Crippen molar-refractivity contribution >= 4 is 5.91 Å². The van der Waals surface area contributed by atoms with E-state index in [2.05, 4.69) is 4.74 Å². The van der Waals surface area contributed by atoms with Gasteiger partial charge in [0.05, 0.1) is 5.56 Å². The Morgan fingerprint density at radius 2 is 1.50 bits per heavy atom. The Hall–Kier alpha value is -2.64. The Morgan fingerprint density at radius 3 is 1.91 bits per heavy atom. The molecule has 2 aromatic carbocycles. The van der Waals surface area contributed by atoms with Gasteiger partial charge in [0, 0.05) is 5.56 Å². The molecule has 116 valence electrons. The second kappa shape index (κ2) is 5.63. The first-order valence-electron chi connectivity index (χ1n) is 5.82. The molecule has 0 saturated heterocycles. The summed E-state index contributed by atoms with van der Waals surface area (Å²) in [4.78, 5) is 10.9. The van der Waals surface area contributed by atoms with Crippen LogP contribution in [0.1, 0.15) is 10.4 Å². The second-order valence-corrected chi connectivity index (χ2v) is 4.25. The number of hydrogen-bond acceptors (Lipinski definition) is 2. The lowest BCUT2D eigenvalue weighted by atomic mass is 10.0. The Morgan fingerprint density at radius 1 is 1.00 bits per heavy atom. The molecule has 0 aliphatic rings. The lowest BCUT2D eigenvalue weighted by molar-refractivity contribution is -0.274. The predicted octanol–water partition coefficient (Wildman–Crippen LogP) is 3.63. The molecule has 2 rings (SSSR count). The highest BCUT2D eigenvalue weighted by atomic mass is 19.4. The maximum absolute atomic E-state index is 13.9. The number of amides is 1. The molecule has 0 heterocycles. The number of nitrogens with two attached hydrogens (primary N) is 1. The summed E-state index contributed by atoms with van der Waals surface area (Å²) < 4.78 is 67.5. The van der Waals surface area contributed by atoms with Crippen molar-refractivity contribution in [2.75, 3.05) is 0 Å². The molecule has 1 amide bonds. The minimum Gasteiger partial charge on any atom is -0.406 e. The van der Waals surface area contributed by atoms with Crippen LogP contribution in [0.2, 0.25) is 0 Å². The molecule has 2 aromatic rings. The van der Waals surface area contributed by atoms with Crippen molar-refractivity contribution in [3.05, 3.63) is 53.6 Å². The average Bonchev–Trinajstić information content (AvgIpc) is 2.38. The van der Waals surface area contributed by atoms with Crippen molar-refractivity contribution in [3.8, 4) is 16.9 Å². The van der Waals surface area contributed by atoms with Crippen LogP contribution in [0.4, 0.5) is 22.0 Å². The maximum Gasteiger partial charge on any atom is 0.573 e. The summed E-state index contributed by atoms with van der Waals surface area (Å²) in [5.74, 6) is -3.64. The highest BCUT2D eigenvalue weighted by molar-refractivity contribution is 5.93. The van der Waals surface area contributed by atoms with Crippen molar-refractivity contribution in [2.45, 2.75) is 6.36 Å². The summed E-state index contributed by atoms with van der Waals surface area (Å²) in [6.45, 7) is 0. The fourth-order valence-electron chi connectivity index (χ4n) is 1.81. The number of alkyl halides is 3. The van der Waals surface area contributed by atoms with Gasteiger partial charge in [0.25, 0.3) is 0 Å². The van der Waals surface area contributed by atoms with Crippen molar-refractivity contribution in [1.29, 1.82) is 0 Å². The Kier molecular flexibility index (Phi) is 4.03. The van der Waals surface area contributed by atoms with Crippen LogP contribution in [-0.2, 0) is 0 Å². The van der Waals surface area contributed by atoms with Crippen LogP contribution < -0.4 is 10.5 Å². The normalized spacial score (nSPS) is 11.3. The third-order valence-corrected chi connectivity index (χ3v) is 2.70. The summed E-state index contributed by atoms with van der Waals surface area (Å²) in [7, 11) is 0. The maximum atomic E-state index is 13.9. The summed E-state index contributed by atoms with van der Waals surface area (Å²) in [6.07, 6.45) is -4.86. The van der Waals surface area contributed by atoms with Gasteiger partial charge in [0.2, 0.25) is 5.91 Å². The van der Waals surface area contributed by atoms with Crippen LogP contribution >= 0.6 is 0 Å². The molecule has 0 atom stereocenters. The molecule has 0 aliphatic heterocycles. The zero-order valence-electron chi connectivity index (χ0n) is 10.7. The summed E-state index contributed by atoms with van der Waals surface area (Å²) in [5.41, 5.74) is 4.08. The first-order valence-corrected chi connectivity index (χ1v) is 5.82.